The molecule has 20 heavy (non-hydrogen) atoms. The lowest BCUT2D eigenvalue weighted by Gasteiger charge is -2.07. The molecule has 0 unspecified atom stereocenters. The van der Waals surface area contributed by atoms with Gasteiger partial charge in [0.05, 0.1) is 22.0 Å². The SMILES string of the molecule is CCCOC(=O)c1cc([N+](=O)[O-])c(C)c(S(=O)(=O)Cl)c1. The maximum atomic E-state index is 11.7. The molecule has 0 aromatic heterocycles. The predicted octanol–water partition coefficient (Wildman–Crippen LogP) is 2.40. The zero-order chi connectivity index (χ0) is 15.5. The van der Waals surface area contributed by atoms with E-state index < -0.39 is 30.5 Å². The predicted molar refractivity (Wildman–Crippen MR) is 71.4 cm³/mol. The number of ether oxygens (including phenoxy) is 1. The number of nitro benzene ring substituents is 1. The molecule has 0 heterocycles. The number of halogens is 1. The molecule has 110 valence electrons. The molecule has 0 radical (unpaired) electrons. The van der Waals surface area contributed by atoms with Gasteiger partial charge in [-0.05, 0) is 19.4 Å². The molecular formula is C11H12ClNO6S. The van der Waals surface area contributed by atoms with E-state index in [1.54, 1.807) is 6.92 Å². The minimum atomic E-state index is -4.21. The highest BCUT2D eigenvalue weighted by Crippen LogP contribution is 2.29. The van der Waals surface area contributed by atoms with Crippen molar-refractivity contribution in [1.82, 2.24) is 0 Å². The number of nitrogens with zero attached hydrogens (tertiary/aromatic N) is 1. The van der Waals surface area contributed by atoms with Gasteiger partial charge in [0.1, 0.15) is 0 Å². The lowest BCUT2D eigenvalue weighted by Crippen LogP contribution is -2.09. The fourth-order valence-corrected chi connectivity index (χ4v) is 2.73. The number of hydrogen-bond donors (Lipinski definition) is 0. The molecule has 0 bridgehead atoms. The van der Waals surface area contributed by atoms with Crippen molar-refractivity contribution in [3.8, 4) is 0 Å². The Morgan fingerprint density at radius 2 is 2.05 bits per heavy atom. The Morgan fingerprint density at radius 3 is 2.50 bits per heavy atom. The largest absolute Gasteiger partial charge is 0.462 e. The van der Waals surface area contributed by atoms with E-state index >= 15 is 0 Å². The van der Waals surface area contributed by atoms with Crippen LogP contribution in [0.1, 0.15) is 29.3 Å². The summed E-state index contributed by atoms with van der Waals surface area (Å²) in [5.41, 5.74) is -0.859. The maximum absolute atomic E-state index is 11.7. The standard InChI is InChI=1S/C11H12ClNO6S/c1-3-4-19-11(14)8-5-9(13(15)16)7(2)10(6-8)20(12,17)18/h5-6H,3-4H2,1-2H3. The van der Waals surface area contributed by atoms with Gasteiger partial charge in [0.15, 0.2) is 0 Å². The number of carbonyl (C=O) groups is 1. The molecule has 0 atom stereocenters. The van der Waals surface area contributed by atoms with Crippen LogP contribution in [0.3, 0.4) is 0 Å². The average molecular weight is 322 g/mol. The summed E-state index contributed by atoms with van der Waals surface area (Å²) in [5, 5.41) is 10.9. The molecule has 0 aliphatic rings. The first-order valence-corrected chi connectivity index (χ1v) is 7.90. The van der Waals surface area contributed by atoms with Gasteiger partial charge in [-0.25, -0.2) is 13.2 Å². The highest BCUT2D eigenvalue weighted by Gasteiger charge is 2.25. The van der Waals surface area contributed by atoms with Gasteiger partial charge in [-0.3, -0.25) is 10.1 Å². The molecule has 1 aromatic carbocycles. The van der Waals surface area contributed by atoms with Crippen molar-refractivity contribution in [1.29, 1.82) is 0 Å². The Morgan fingerprint density at radius 1 is 1.45 bits per heavy atom. The number of rotatable bonds is 5. The number of carbonyl (C=O) groups excluding carboxylic acids is 1. The number of esters is 1. The summed E-state index contributed by atoms with van der Waals surface area (Å²) in [6, 6.07) is 1.95. The Balaban J connectivity index is 3.45. The van der Waals surface area contributed by atoms with E-state index in [4.69, 9.17) is 15.4 Å². The number of nitro groups is 1. The Hall–Kier alpha value is -1.67. The van der Waals surface area contributed by atoms with E-state index in [0.717, 1.165) is 12.1 Å². The highest BCUT2D eigenvalue weighted by molar-refractivity contribution is 8.13. The molecule has 0 aliphatic heterocycles. The van der Waals surface area contributed by atoms with E-state index in [1.807, 2.05) is 0 Å². The van der Waals surface area contributed by atoms with Crippen LogP contribution in [0.2, 0.25) is 0 Å². The van der Waals surface area contributed by atoms with E-state index in [0.29, 0.717) is 6.42 Å². The van der Waals surface area contributed by atoms with Crippen LogP contribution in [-0.4, -0.2) is 25.9 Å². The second-order valence-electron chi connectivity index (χ2n) is 3.95. The van der Waals surface area contributed by atoms with Crippen LogP contribution in [0.5, 0.6) is 0 Å². The molecule has 0 saturated carbocycles. The second kappa shape index (κ2) is 6.19. The van der Waals surface area contributed by atoms with E-state index in [9.17, 15) is 23.3 Å². The van der Waals surface area contributed by atoms with E-state index in [-0.39, 0.29) is 17.7 Å². The minimum absolute atomic E-state index is 0.128. The third-order valence-corrected chi connectivity index (χ3v) is 3.91. The minimum Gasteiger partial charge on any atom is -0.462 e. The molecule has 1 rings (SSSR count). The maximum Gasteiger partial charge on any atom is 0.338 e. The van der Waals surface area contributed by atoms with Gasteiger partial charge in [-0.15, -0.1) is 0 Å². The molecule has 7 nitrogen and oxygen atoms in total. The van der Waals surface area contributed by atoms with Gasteiger partial charge in [-0.1, -0.05) is 6.92 Å². The average Bonchev–Trinajstić information content (AvgIpc) is 2.34. The van der Waals surface area contributed by atoms with Crippen LogP contribution < -0.4 is 0 Å². The third kappa shape index (κ3) is 3.67. The Labute approximate surface area is 120 Å². The summed E-state index contributed by atoms with van der Waals surface area (Å²) < 4.78 is 27.6. The quantitative estimate of drug-likeness (QED) is 0.357. The van der Waals surface area contributed by atoms with Gasteiger partial charge in [0, 0.05) is 22.3 Å². The van der Waals surface area contributed by atoms with Crippen molar-refractivity contribution in [2.24, 2.45) is 0 Å². The monoisotopic (exact) mass is 321 g/mol. The number of benzene rings is 1. The van der Waals surface area contributed by atoms with Crippen molar-refractivity contribution in [2.75, 3.05) is 6.61 Å². The van der Waals surface area contributed by atoms with Crippen molar-refractivity contribution in [3.63, 3.8) is 0 Å². The van der Waals surface area contributed by atoms with Crippen molar-refractivity contribution >= 4 is 31.4 Å². The Kier molecular flexibility index (Phi) is 5.07. The summed E-state index contributed by atoms with van der Waals surface area (Å²) in [6.07, 6.45) is 0.570. The van der Waals surface area contributed by atoms with Crippen molar-refractivity contribution in [3.05, 3.63) is 33.4 Å². The second-order valence-corrected chi connectivity index (χ2v) is 6.48. The van der Waals surface area contributed by atoms with Gasteiger partial charge >= 0.3 is 5.97 Å². The number of hydrogen-bond acceptors (Lipinski definition) is 6. The first-order valence-electron chi connectivity index (χ1n) is 5.59. The molecule has 9 heteroatoms. The lowest BCUT2D eigenvalue weighted by atomic mass is 10.1. The third-order valence-electron chi connectivity index (χ3n) is 2.46. The normalized spacial score (nSPS) is 11.2. The molecule has 0 aliphatic carbocycles. The summed E-state index contributed by atoms with van der Waals surface area (Å²) in [5.74, 6) is -0.837. The van der Waals surface area contributed by atoms with Crippen LogP contribution in [-0.2, 0) is 13.8 Å². The molecule has 1 aromatic rings. The van der Waals surface area contributed by atoms with Crippen molar-refractivity contribution < 1.29 is 22.9 Å². The van der Waals surface area contributed by atoms with Gasteiger partial charge in [0.25, 0.3) is 14.7 Å². The fourth-order valence-electron chi connectivity index (χ4n) is 1.51. The first-order chi connectivity index (χ1) is 9.18. The van der Waals surface area contributed by atoms with Crippen LogP contribution in [0.4, 0.5) is 5.69 Å². The molecule has 0 spiro atoms. The van der Waals surface area contributed by atoms with Crippen molar-refractivity contribution in [2.45, 2.75) is 25.2 Å². The van der Waals surface area contributed by atoms with Gasteiger partial charge in [-0.2, -0.15) is 0 Å². The fraction of sp³-hybridized carbons (Fsp3) is 0.364. The highest BCUT2D eigenvalue weighted by atomic mass is 35.7. The Bertz CT molecular complexity index is 655. The summed E-state index contributed by atoms with van der Waals surface area (Å²) in [6.45, 7) is 3.15. The van der Waals surface area contributed by atoms with Crippen LogP contribution in [0.15, 0.2) is 17.0 Å². The summed E-state index contributed by atoms with van der Waals surface area (Å²) in [7, 11) is 1.01. The van der Waals surface area contributed by atoms with E-state index in [1.165, 1.54) is 6.92 Å². The zero-order valence-corrected chi connectivity index (χ0v) is 12.3. The molecule has 0 amide bonds. The van der Waals surface area contributed by atoms with E-state index in [2.05, 4.69) is 0 Å². The lowest BCUT2D eigenvalue weighted by molar-refractivity contribution is -0.385. The van der Waals surface area contributed by atoms with Crippen LogP contribution in [0.25, 0.3) is 0 Å². The van der Waals surface area contributed by atoms with Gasteiger partial charge < -0.3 is 4.74 Å². The molecule has 0 N–H and O–H groups in total. The molecule has 0 fully saturated rings. The smallest absolute Gasteiger partial charge is 0.338 e. The van der Waals surface area contributed by atoms with Crippen LogP contribution in [0, 0.1) is 17.0 Å². The molecular weight excluding hydrogens is 310 g/mol. The molecule has 0 saturated heterocycles. The topological polar surface area (TPSA) is 104 Å². The summed E-state index contributed by atoms with van der Waals surface area (Å²) >= 11 is 0. The van der Waals surface area contributed by atoms with Crippen LogP contribution >= 0.6 is 10.7 Å². The van der Waals surface area contributed by atoms with Gasteiger partial charge in [0.2, 0.25) is 0 Å². The zero-order valence-electron chi connectivity index (χ0n) is 10.8. The summed E-state index contributed by atoms with van der Waals surface area (Å²) in [4.78, 5) is 21.3. The first kappa shape index (κ1) is 16.4.